The largest absolute Gasteiger partial charge is 0.271 e. The van der Waals surface area contributed by atoms with Gasteiger partial charge in [-0.3, -0.25) is 11.3 Å². The number of hydrogen-bond acceptors (Lipinski definition) is 2. The van der Waals surface area contributed by atoms with E-state index in [1.807, 2.05) is 6.07 Å². The van der Waals surface area contributed by atoms with E-state index in [2.05, 4.69) is 21.4 Å². The molecule has 0 aromatic heterocycles. The number of hydrazine groups is 1. The summed E-state index contributed by atoms with van der Waals surface area (Å²) in [5, 5.41) is 0. The summed E-state index contributed by atoms with van der Waals surface area (Å²) in [6.07, 6.45) is 3.55. The number of rotatable bonds is 4. The molecule has 15 heavy (non-hydrogen) atoms. The molecular weight excluding hydrogens is 259 g/mol. The minimum Gasteiger partial charge on any atom is -0.271 e. The van der Waals surface area contributed by atoms with Crippen LogP contribution in [0, 0.1) is 11.7 Å². The van der Waals surface area contributed by atoms with Crippen molar-refractivity contribution in [2.75, 3.05) is 0 Å². The van der Waals surface area contributed by atoms with Gasteiger partial charge in [-0.05, 0) is 46.0 Å². The Kier molecular flexibility index (Phi) is 3.38. The molecule has 82 valence electrons. The molecule has 0 saturated heterocycles. The number of hydrogen-bond donors (Lipinski definition) is 2. The number of nitrogens with two attached hydrogens (primary N) is 1. The van der Waals surface area contributed by atoms with E-state index < -0.39 is 0 Å². The van der Waals surface area contributed by atoms with Crippen molar-refractivity contribution in [2.45, 2.75) is 25.3 Å². The molecule has 0 heterocycles. The molecule has 1 atom stereocenters. The fourth-order valence-electron chi connectivity index (χ4n) is 1.72. The minimum atomic E-state index is -0.233. The molecule has 1 fully saturated rings. The van der Waals surface area contributed by atoms with Gasteiger partial charge in [-0.15, -0.1) is 0 Å². The molecule has 0 bridgehead atoms. The summed E-state index contributed by atoms with van der Waals surface area (Å²) in [4.78, 5) is 0. The van der Waals surface area contributed by atoms with Crippen molar-refractivity contribution >= 4 is 15.9 Å². The Morgan fingerprint density at radius 1 is 1.53 bits per heavy atom. The van der Waals surface area contributed by atoms with Gasteiger partial charge in [-0.2, -0.15) is 0 Å². The molecule has 1 aromatic carbocycles. The van der Waals surface area contributed by atoms with Gasteiger partial charge in [0.1, 0.15) is 5.82 Å². The van der Waals surface area contributed by atoms with Gasteiger partial charge in [0.05, 0.1) is 4.47 Å². The third kappa shape index (κ3) is 2.77. The van der Waals surface area contributed by atoms with E-state index in [4.69, 9.17) is 5.84 Å². The molecule has 1 saturated carbocycles. The Morgan fingerprint density at radius 2 is 2.27 bits per heavy atom. The van der Waals surface area contributed by atoms with Gasteiger partial charge >= 0.3 is 0 Å². The van der Waals surface area contributed by atoms with Crippen molar-refractivity contribution in [3.8, 4) is 0 Å². The van der Waals surface area contributed by atoms with Crippen LogP contribution in [0.25, 0.3) is 0 Å². The van der Waals surface area contributed by atoms with Gasteiger partial charge in [0, 0.05) is 6.04 Å². The zero-order chi connectivity index (χ0) is 10.8. The highest BCUT2D eigenvalue weighted by Gasteiger charge is 2.25. The van der Waals surface area contributed by atoms with Crippen molar-refractivity contribution in [1.82, 2.24) is 5.43 Å². The second-order valence-corrected chi connectivity index (χ2v) is 4.93. The van der Waals surface area contributed by atoms with Crippen molar-refractivity contribution in [3.05, 3.63) is 34.1 Å². The monoisotopic (exact) mass is 272 g/mol. The highest BCUT2D eigenvalue weighted by molar-refractivity contribution is 9.10. The zero-order valence-corrected chi connectivity index (χ0v) is 9.93. The van der Waals surface area contributed by atoms with E-state index in [-0.39, 0.29) is 11.9 Å². The smallest absolute Gasteiger partial charge is 0.137 e. The molecular formula is C11H14BrFN2. The van der Waals surface area contributed by atoms with E-state index in [9.17, 15) is 4.39 Å². The van der Waals surface area contributed by atoms with Gasteiger partial charge in [-0.25, -0.2) is 4.39 Å². The van der Waals surface area contributed by atoms with Crippen LogP contribution in [-0.4, -0.2) is 0 Å². The third-order valence-electron chi connectivity index (χ3n) is 2.81. The molecule has 0 radical (unpaired) electrons. The molecule has 3 N–H and O–H groups in total. The molecule has 1 unspecified atom stereocenters. The average Bonchev–Trinajstić information content (AvgIpc) is 3.02. The van der Waals surface area contributed by atoms with E-state index in [0.717, 1.165) is 17.9 Å². The van der Waals surface area contributed by atoms with Crippen molar-refractivity contribution < 1.29 is 4.39 Å². The second-order valence-electron chi connectivity index (χ2n) is 4.07. The Balaban J connectivity index is 2.13. The molecule has 0 spiro atoms. The maximum absolute atomic E-state index is 13.3. The highest BCUT2D eigenvalue weighted by Crippen LogP contribution is 2.37. The summed E-state index contributed by atoms with van der Waals surface area (Å²) in [5.74, 6) is 6.01. The van der Waals surface area contributed by atoms with Gasteiger partial charge in [0.2, 0.25) is 0 Å². The maximum Gasteiger partial charge on any atom is 0.137 e. The predicted octanol–water partition coefficient (Wildman–Crippen LogP) is 2.89. The van der Waals surface area contributed by atoms with E-state index in [1.54, 1.807) is 6.07 Å². The van der Waals surface area contributed by atoms with Crippen molar-refractivity contribution in [2.24, 2.45) is 11.8 Å². The van der Waals surface area contributed by atoms with Crippen LogP contribution in [0.15, 0.2) is 22.7 Å². The minimum absolute atomic E-state index is 0.0695. The normalized spacial score (nSPS) is 17.8. The maximum atomic E-state index is 13.3. The van der Waals surface area contributed by atoms with Crippen LogP contribution in [0.4, 0.5) is 4.39 Å². The van der Waals surface area contributed by atoms with E-state index in [1.165, 1.54) is 18.9 Å². The summed E-state index contributed by atoms with van der Waals surface area (Å²) in [6.45, 7) is 0. The summed E-state index contributed by atoms with van der Waals surface area (Å²) in [6, 6.07) is 5.24. The Morgan fingerprint density at radius 3 is 2.80 bits per heavy atom. The van der Waals surface area contributed by atoms with Crippen molar-refractivity contribution in [3.63, 3.8) is 0 Å². The van der Waals surface area contributed by atoms with Crippen LogP contribution >= 0.6 is 15.9 Å². The average molecular weight is 273 g/mol. The van der Waals surface area contributed by atoms with Gasteiger partial charge in [-0.1, -0.05) is 18.9 Å². The molecule has 4 heteroatoms. The Hall–Kier alpha value is -0.450. The first-order valence-corrected chi connectivity index (χ1v) is 5.91. The summed E-state index contributed by atoms with van der Waals surface area (Å²) in [5.41, 5.74) is 3.68. The standard InChI is InChI=1S/C11H14BrFN2/c12-9-4-3-8(6-10(9)13)11(15-14)5-7-1-2-7/h3-4,6-7,11,15H,1-2,5,14H2. The lowest BCUT2D eigenvalue weighted by Crippen LogP contribution is -2.28. The molecule has 1 aliphatic carbocycles. The van der Waals surface area contributed by atoms with E-state index in [0.29, 0.717) is 4.47 Å². The molecule has 1 aliphatic rings. The fourth-order valence-corrected chi connectivity index (χ4v) is 1.96. The van der Waals surface area contributed by atoms with Crippen LogP contribution in [0.2, 0.25) is 0 Å². The van der Waals surface area contributed by atoms with Gasteiger partial charge in [0.25, 0.3) is 0 Å². The Labute approximate surface area is 97.1 Å². The quantitative estimate of drug-likeness (QED) is 0.654. The lowest BCUT2D eigenvalue weighted by molar-refractivity contribution is 0.483. The topological polar surface area (TPSA) is 38.0 Å². The van der Waals surface area contributed by atoms with Crippen molar-refractivity contribution in [1.29, 1.82) is 0 Å². The third-order valence-corrected chi connectivity index (χ3v) is 3.46. The second kappa shape index (κ2) is 4.60. The lowest BCUT2D eigenvalue weighted by atomic mass is 10.0. The van der Waals surface area contributed by atoms with Crippen LogP contribution in [0.3, 0.4) is 0 Å². The summed E-state index contributed by atoms with van der Waals surface area (Å²) in [7, 11) is 0. The van der Waals surface area contributed by atoms with Crippen LogP contribution < -0.4 is 11.3 Å². The first-order chi connectivity index (χ1) is 7.20. The number of nitrogens with one attached hydrogen (secondary N) is 1. The molecule has 1 aromatic rings. The summed E-state index contributed by atoms with van der Waals surface area (Å²) < 4.78 is 13.8. The Bertz CT molecular complexity index is 352. The molecule has 2 nitrogen and oxygen atoms in total. The van der Waals surface area contributed by atoms with Gasteiger partial charge in [0.15, 0.2) is 0 Å². The predicted molar refractivity (Wildman–Crippen MR) is 61.5 cm³/mol. The summed E-state index contributed by atoms with van der Waals surface area (Å²) >= 11 is 3.14. The highest BCUT2D eigenvalue weighted by atomic mass is 79.9. The van der Waals surface area contributed by atoms with E-state index >= 15 is 0 Å². The lowest BCUT2D eigenvalue weighted by Gasteiger charge is -2.16. The molecule has 0 aliphatic heterocycles. The first-order valence-electron chi connectivity index (χ1n) is 5.12. The number of benzene rings is 1. The SMILES string of the molecule is NNC(CC1CC1)c1ccc(Br)c(F)c1. The first kappa shape index (κ1) is 11.0. The number of halogens is 2. The van der Waals surface area contributed by atoms with Crippen LogP contribution in [0.1, 0.15) is 30.9 Å². The molecule has 0 amide bonds. The fraction of sp³-hybridized carbons (Fsp3) is 0.455. The zero-order valence-electron chi connectivity index (χ0n) is 8.34. The van der Waals surface area contributed by atoms with Crippen LogP contribution in [-0.2, 0) is 0 Å². The van der Waals surface area contributed by atoms with Gasteiger partial charge < -0.3 is 0 Å². The van der Waals surface area contributed by atoms with Crippen LogP contribution in [0.5, 0.6) is 0 Å². The molecule has 2 rings (SSSR count).